The maximum atomic E-state index is 10.8. The lowest BCUT2D eigenvalue weighted by Crippen LogP contribution is -2.07. The van der Waals surface area contributed by atoms with Gasteiger partial charge in [0.05, 0.1) is 11.7 Å². The van der Waals surface area contributed by atoms with Crippen LogP contribution in [-0.2, 0) is 0 Å². The molecule has 0 aromatic heterocycles. The lowest BCUT2D eigenvalue weighted by molar-refractivity contribution is 0.0699. The Kier molecular flexibility index (Phi) is 6.36. The van der Waals surface area contributed by atoms with Crippen molar-refractivity contribution in [1.29, 1.82) is 0 Å². The van der Waals surface area contributed by atoms with E-state index in [2.05, 4.69) is 5.10 Å². The Morgan fingerprint density at radius 2 is 1.86 bits per heavy atom. The molecule has 0 saturated heterocycles. The summed E-state index contributed by atoms with van der Waals surface area (Å²) < 4.78 is 0. The predicted molar refractivity (Wildman–Crippen MR) is 84.5 cm³/mol. The van der Waals surface area contributed by atoms with Gasteiger partial charge in [0, 0.05) is 12.1 Å². The highest BCUT2D eigenvalue weighted by atomic mass is 16.4. The van der Waals surface area contributed by atoms with Crippen LogP contribution < -0.4 is 5.84 Å². The van der Waals surface area contributed by atoms with Gasteiger partial charge in [0.2, 0.25) is 0 Å². The molecule has 0 fully saturated rings. The predicted octanol–water partition coefficient (Wildman–Crippen LogP) is 2.63. The zero-order valence-electron chi connectivity index (χ0n) is 12.2. The smallest absolute Gasteiger partial charge is 0.336 e. The molecule has 1 atom stereocenters. The van der Waals surface area contributed by atoms with E-state index >= 15 is 0 Å². The molecule has 2 aromatic rings. The van der Waals surface area contributed by atoms with Crippen LogP contribution in [0.15, 0.2) is 47.6 Å². The molecular formula is C16H20N2O3. The van der Waals surface area contributed by atoms with Crippen LogP contribution in [0.4, 0.5) is 0 Å². The van der Waals surface area contributed by atoms with Gasteiger partial charge < -0.3 is 16.1 Å². The van der Waals surface area contributed by atoms with Crippen LogP contribution in [0, 0.1) is 0 Å². The number of carboxylic acids is 1. The minimum absolute atomic E-state index is 0.331. The molecule has 0 aliphatic heterocycles. The molecule has 0 aliphatic carbocycles. The molecule has 2 aromatic carbocycles. The van der Waals surface area contributed by atoms with E-state index in [1.165, 1.54) is 0 Å². The minimum atomic E-state index is -0.878. The third kappa shape index (κ3) is 5.24. The van der Waals surface area contributed by atoms with Gasteiger partial charge >= 0.3 is 5.97 Å². The number of nitrogens with zero attached hydrogens (tertiary/aromatic N) is 1. The third-order valence-electron chi connectivity index (χ3n) is 2.83. The van der Waals surface area contributed by atoms with E-state index in [4.69, 9.17) is 16.1 Å². The van der Waals surface area contributed by atoms with Gasteiger partial charge in [0.15, 0.2) is 0 Å². The molecule has 0 bridgehead atoms. The average Bonchev–Trinajstić information content (AvgIpc) is 2.46. The first-order valence-corrected chi connectivity index (χ1v) is 6.58. The minimum Gasteiger partial charge on any atom is -0.478 e. The van der Waals surface area contributed by atoms with Gasteiger partial charge in [-0.05, 0) is 30.7 Å². The SMILES string of the molecule is CC(CC(C)O)=NN.O=C(O)c1cccc2ccccc12. The molecule has 5 heteroatoms. The fraction of sp³-hybridized carbons (Fsp3) is 0.250. The average molecular weight is 288 g/mol. The number of hydrogen-bond acceptors (Lipinski definition) is 4. The summed E-state index contributed by atoms with van der Waals surface area (Å²) in [4.78, 5) is 10.8. The Morgan fingerprint density at radius 1 is 1.24 bits per heavy atom. The van der Waals surface area contributed by atoms with Crippen molar-refractivity contribution in [2.75, 3.05) is 0 Å². The van der Waals surface area contributed by atoms with Crippen LogP contribution in [-0.4, -0.2) is 28.0 Å². The summed E-state index contributed by atoms with van der Waals surface area (Å²) in [7, 11) is 0. The van der Waals surface area contributed by atoms with Gasteiger partial charge in [-0.25, -0.2) is 4.79 Å². The number of rotatable bonds is 3. The van der Waals surface area contributed by atoms with Crippen molar-refractivity contribution in [2.45, 2.75) is 26.4 Å². The Balaban J connectivity index is 0.000000240. The number of aliphatic hydroxyl groups excluding tert-OH is 1. The number of hydrogen-bond donors (Lipinski definition) is 3. The molecule has 4 N–H and O–H groups in total. The largest absolute Gasteiger partial charge is 0.478 e. The van der Waals surface area contributed by atoms with E-state index < -0.39 is 5.97 Å². The zero-order chi connectivity index (χ0) is 15.8. The van der Waals surface area contributed by atoms with E-state index in [9.17, 15) is 4.79 Å². The molecular weight excluding hydrogens is 268 g/mol. The maximum absolute atomic E-state index is 10.8. The molecule has 1 unspecified atom stereocenters. The van der Waals surface area contributed by atoms with Crippen molar-refractivity contribution in [3.05, 3.63) is 48.0 Å². The molecule has 0 saturated carbocycles. The summed E-state index contributed by atoms with van der Waals surface area (Å²) in [5, 5.41) is 22.7. The molecule has 0 amide bonds. The van der Waals surface area contributed by atoms with Crippen LogP contribution >= 0.6 is 0 Å². The molecule has 0 radical (unpaired) electrons. The van der Waals surface area contributed by atoms with Crippen molar-refractivity contribution in [3.63, 3.8) is 0 Å². The molecule has 2 rings (SSSR count). The van der Waals surface area contributed by atoms with Gasteiger partial charge in [-0.1, -0.05) is 36.4 Å². The first-order valence-electron chi connectivity index (χ1n) is 6.58. The first-order chi connectivity index (χ1) is 9.95. The third-order valence-corrected chi connectivity index (χ3v) is 2.83. The van der Waals surface area contributed by atoms with Gasteiger partial charge in [-0.2, -0.15) is 5.10 Å². The summed E-state index contributed by atoms with van der Waals surface area (Å²) in [6.07, 6.45) is 0.235. The van der Waals surface area contributed by atoms with Crippen molar-refractivity contribution in [2.24, 2.45) is 10.9 Å². The van der Waals surface area contributed by atoms with Gasteiger partial charge in [-0.3, -0.25) is 0 Å². The van der Waals surface area contributed by atoms with E-state index in [0.717, 1.165) is 16.5 Å². The number of benzene rings is 2. The van der Waals surface area contributed by atoms with E-state index in [1.807, 2.05) is 30.3 Å². The topological polar surface area (TPSA) is 95.9 Å². The van der Waals surface area contributed by atoms with Crippen LogP contribution in [0.2, 0.25) is 0 Å². The highest BCUT2D eigenvalue weighted by Crippen LogP contribution is 2.17. The second-order valence-electron chi connectivity index (χ2n) is 4.75. The fourth-order valence-electron chi connectivity index (χ4n) is 1.89. The first kappa shape index (κ1) is 16.7. The molecule has 0 aliphatic rings. The van der Waals surface area contributed by atoms with Gasteiger partial charge in [0.1, 0.15) is 0 Å². The number of hydrazone groups is 1. The number of aliphatic hydroxyl groups is 1. The summed E-state index contributed by atoms with van der Waals surface area (Å²) in [5.41, 5.74) is 1.14. The van der Waals surface area contributed by atoms with Crippen LogP contribution in [0.3, 0.4) is 0 Å². The molecule has 0 heterocycles. The summed E-state index contributed by atoms with van der Waals surface area (Å²) in [6, 6.07) is 12.7. The highest BCUT2D eigenvalue weighted by molar-refractivity contribution is 6.03. The van der Waals surface area contributed by atoms with Crippen LogP contribution in [0.1, 0.15) is 30.6 Å². The summed E-state index contributed by atoms with van der Waals surface area (Å²) in [5.74, 6) is 4.02. The highest BCUT2D eigenvalue weighted by Gasteiger charge is 2.05. The van der Waals surface area contributed by atoms with Crippen molar-refractivity contribution >= 4 is 22.5 Å². The Hall–Kier alpha value is -2.40. The van der Waals surface area contributed by atoms with Crippen LogP contribution in [0.25, 0.3) is 10.8 Å². The van der Waals surface area contributed by atoms with Gasteiger partial charge in [-0.15, -0.1) is 0 Å². The number of carbonyl (C=O) groups is 1. The molecule has 21 heavy (non-hydrogen) atoms. The van der Waals surface area contributed by atoms with E-state index in [1.54, 1.807) is 26.0 Å². The van der Waals surface area contributed by atoms with E-state index in [-0.39, 0.29) is 6.10 Å². The normalized spacial score (nSPS) is 12.4. The zero-order valence-corrected chi connectivity index (χ0v) is 12.2. The second kappa shape index (κ2) is 8.01. The van der Waals surface area contributed by atoms with Crippen molar-refractivity contribution in [1.82, 2.24) is 0 Å². The van der Waals surface area contributed by atoms with Crippen molar-refractivity contribution < 1.29 is 15.0 Å². The Labute approximate surface area is 123 Å². The Bertz CT molecular complexity index is 631. The van der Waals surface area contributed by atoms with Gasteiger partial charge in [0.25, 0.3) is 0 Å². The monoisotopic (exact) mass is 288 g/mol. The number of nitrogens with two attached hydrogens (primary N) is 1. The lowest BCUT2D eigenvalue weighted by Gasteiger charge is -2.00. The van der Waals surface area contributed by atoms with E-state index in [0.29, 0.717) is 12.0 Å². The number of carboxylic acid groups (broad SMARTS) is 1. The summed E-state index contributed by atoms with van der Waals surface area (Å²) >= 11 is 0. The molecule has 112 valence electrons. The number of aromatic carboxylic acids is 1. The second-order valence-corrected chi connectivity index (χ2v) is 4.75. The summed E-state index contributed by atoms with van der Waals surface area (Å²) in [6.45, 7) is 3.49. The van der Waals surface area contributed by atoms with Crippen LogP contribution in [0.5, 0.6) is 0 Å². The lowest BCUT2D eigenvalue weighted by atomic mass is 10.1. The maximum Gasteiger partial charge on any atom is 0.336 e. The fourth-order valence-corrected chi connectivity index (χ4v) is 1.89. The Morgan fingerprint density at radius 3 is 2.38 bits per heavy atom. The standard InChI is InChI=1S/C11H8O2.C5H12N2O/c12-11(13)10-7-3-5-8-4-1-2-6-9(8)10;1-4(7-6)3-5(2)8/h1-7H,(H,12,13);5,8H,3,6H2,1-2H3. The quantitative estimate of drug-likeness (QED) is 0.459. The number of fused-ring (bicyclic) bond motifs is 1. The molecule has 5 nitrogen and oxygen atoms in total. The molecule has 0 spiro atoms. The van der Waals surface area contributed by atoms with Crippen molar-refractivity contribution in [3.8, 4) is 0 Å².